The van der Waals surface area contributed by atoms with Crippen molar-refractivity contribution in [2.24, 2.45) is 46.3 Å². The summed E-state index contributed by atoms with van der Waals surface area (Å²) in [4.78, 5) is 26.0. The minimum atomic E-state index is -0.179. The molecule has 0 bridgehead atoms. The van der Waals surface area contributed by atoms with Crippen molar-refractivity contribution >= 4 is 11.9 Å². The van der Waals surface area contributed by atoms with E-state index in [1.54, 1.807) is 6.92 Å². The van der Waals surface area contributed by atoms with Crippen molar-refractivity contribution in [1.29, 1.82) is 5.26 Å². The molecule has 11 atom stereocenters. The Hall–Kier alpha value is -2.03. The molecule has 4 aliphatic carbocycles. The van der Waals surface area contributed by atoms with Crippen LogP contribution in [-0.4, -0.2) is 41.6 Å². The number of fused-ring (bicyclic) bond motifs is 5. The fraction of sp³-hybridized carbons (Fsp3) is 0.844. The zero-order valence-corrected chi connectivity index (χ0v) is 24.4. The Morgan fingerprint density at radius 2 is 1.82 bits per heavy atom. The highest BCUT2D eigenvalue weighted by Crippen LogP contribution is 2.68. The largest absolute Gasteiger partial charge is 0.462 e. The normalized spacial score (nSPS) is 45.0. The highest BCUT2D eigenvalue weighted by atomic mass is 16.5. The first-order valence-electron chi connectivity index (χ1n) is 15.2. The summed E-state index contributed by atoms with van der Waals surface area (Å²) < 4.78 is 11.8. The lowest BCUT2D eigenvalue weighted by atomic mass is 9.46. The molecule has 1 heterocycles. The summed E-state index contributed by atoms with van der Waals surface area (Å²) in [5.74, 6) is 2.47. The number of rotatable bonds is 4. The number of ether oxygens (including phenoxy) is 2. The predicted octanol–water partition coefficient (Wildman–Crippen LogP) is 6.26. The molecule has 0 amide bonds. The molecule has 210 valence electrons. The first kappa shape index (κ1) is 27.5. The van der Waals surface area contributed by atoms with E-state index in [1.807, 2.05) is 4.90 Å². The first-order chi connectivity index (χ1) is 18.0. The van der Waals surface area contributed by atoms with Gasteiger partial charge in [0.1, 0.15) is 12.2 Å². The molecule has 3 saturated carbocycles. The number of carbonyl (C=O) groups is 2. The standard InChI is InChI=1S/C32H48N2O4/c1-19-7-10-28(34(17-19)18-33)20(2)30-29(38-22(4)36)16-27-25-9-8-23-15-24(37-21(3)35)11-13-31(23,5)26(25)12-14-32(27,30)6/h8,19-20,24-30H,7,9-17H2,1-6H3/t19-,20-,24-,25-,26+,27-,28+,29+,30+,31-,32-/m1/s1. The molecular formula is C32H48N2O4. The second kappa shape index (κ2) is 10.2. The summed E-state index contributed by atoms with van der Waals surface area (Å²) in [7, 11) is 0. The molecule has 0 aromatic heterocycles. The molecule has 0 aromatic rings. The molecule has 0 spiro atoms. The van der Waals surface area contributed by atoms with E-state index in [0.29, 0.717) is 29.6 Å². The van der Waals surface area contributed by atoms with Crippen molar-refractivity contribution in [2.75, 3.05) is 6.54 Å². The molecular weight excluding hydrogens is 476 g/mol. The summed E-state index contributed by atoms with van der Waals surface area (Å²) in [6.07, 6.45) is 14.4. The van der Waals surface area contributed by atoms with Gasteiger partial charge in [-0.15, -0.1) is 0 Å². The molecule has 1 saturated heterocycles. The number of hydrogen-bond acceptors (Lipinski definition) is 6. The Bertz CT molecular complexity index is 1020. The van der Waals surface area contributed by atoms with Crippen LogP contribution in [0.4, 0.5) is 0 Å². The summed E-state index contributed by atoms with van der Waals surface area (Å²) in [6.45, 7) is 13.4. The molecule has 4 fully saturated rings. The van der Waals surface area contributed by atoms with Crippen molar-refractivity contribution in [1.82, 2.24) is 4.90 Å². The molecule has 38 heavy (non-hydrogen) atoms. The van der Waals surface area contributed by atoms with Crippen LogP contribution in [0.15, 0.2) is 11.6 Å². The maximum Gasteiger partial charge on any atom is 0.302 e. The van der Waals surface area contributed by atoms with Crippen molar-refractivity contribution in [2.45, 2.75) is 118 Å². The summed E-state index contributed by atoms with van der Waals surface area (Å²) in [6, 6.07) is 0.222. The fourth-order valence-corrected chi connectivity index (χ4v) is 10.3. The van der Waals surface area contributed by atoms with Crippen LogP contribution in [0.2, 0.25) is 0 Å². The number of carbonyl (C=O) groups excluding carboxylic acids is 2. The van der Waals surface area contributed by atoms with Gasteiger partial charge in [0.05, 0.1) is 0 Å². The lowest BCUT2D eigenvalue weighted by Gasteiger charge is -2.58. The zero-order valence-electron chi connectivity index (χ0n) is 24.4. The van der Waals surface area contributed by atoms with Gasteiger partial charge in [-0.05, 0) is 91.8 Å². The molecule has 6 heteroatoms. The molecule has 5 aliphatic rings. The van der Waals surface area contributed by atoms with Crippen LogP contribution in [0, 0.1) is 57.8 Å². The topological polar surface area (TPSA) is 79.6 Å². The number of piperidine rings is 1. The third kappa shape index (κ3) is 4.56. The van der Waals surface area contributed by atoms with E-state index in [0.717, 1.165) is 57.9 Å². The van der Waals surface area contributed by atoms with Gasteiger partial charge in [0.25, 0.3) is 0 Å². The van der Waals surface area contributed by atoms with Crippen molar-refractivity contribution in [3.63, 3.8) is 0 Å². The monoisotopic (exact) mass is 524 g/mol. The Morgan fingerprint density at radius 3 is 2.50 bits per heavy atom. The minimum Gasteiger partial charge on any atom is -0.462 e. The Labute approximate surface area is 229 Å². The van der Waals surface area contributed by atoms with E-state index < -0.39 is 0 Å². The van der Waals surface area contributed by atoms with Crippen LogP contribution >= 0.6 is 0 Å². The molecule has 0 unspecified atom stereocenters. The van der Waals surface area contributed by atoms with Gasteiger partial charge in [-0.2, -0.15) is 5.26 Å². The highest BCUT2D eigenvalue weighted by molar-refractivity contribution is 5.66. The minimum absolute atomic E-state index is 0.0172. The van der Waals surface area contributed by atoms with Crippen molar-refractivity contribution < 1.29 is 19.1 Å². The highest BCUT2D eigenvalue weighted by Gasteiger charge is 2.63. The summed E-state index contributed by atoms with van der Waals surface area (Å²) in [5, 5.41) is 10.00. The molecule has 6 nitrogen and oxygen atoms in total. The van der Waals surface area contributed by atoms with Crippen LogP contribution in [0.3, 0.4) is 0 Å². The van der Waals surface area contributed by atoms with Crippen LogP contribution in [0.25, 0.3) is 0 Å². The van der Waals surface area contributed by atoms with Gasteiger partial charge < -0.3 is 14.4 Å². The average molecular weight is 525 g/mol. The number of nitrogens with zero attached hydrogens (tertiary/aromatic N) is 2. The summed E-state index contributed by atoms with van der Waals surface area (Å²) in [5.41, 5.74) is 1.76. The Morgan fingerprint density at radius 1 is 1.08 bits per heavy atom. The molecule has 0 N–H and O–H groups in total. The molecule has 5 rings (SSSR count). The number of allylic oxidation sites excluding steroid dienone is 1. The maximum atomic E-state index is 12.3. The number of hydrogen-bond donors (Lipinski definition) is 0. The molecule has 0 radical (unpaired) electrons. The van der Waals surface area contributed by atoms with Gasteiger partial charge in [-0.25, -0.2) is 0 Å². The smallest absolute Gasteiger partial charge is 0.302 e. The van der Waals surface area contributed by atoms with Gasteiger partial charge >= 0.3 is 11.9 Å². The van der Waals surface area contributed by atoms with Gasteiger partial charge in [0.2, 0.25) is 0 Å². The number of nitriles is 1. The third-order valence-electron chi connectivity index (χ3n) is 12.0. The maximum absolute atomic E-state index is 12.3. The SMILES string of the molecule is CC(=O)O[C@@H]1CC[C@]2(C)C(=CC[C@H]3[C@H]4C[C@H](OC(C)=O)[C@H]([C@H](C)[C@@H]5CC[C@@H](C)CN5C#N)[C@]4(C)CC[C@@H]32)C1. The Balaban J connectivity index is 1.43. The lowest BCUT2D eigenvalue weighted by molar-refractivity contribution is -0.152. The zero-order chi connectivity index (χ0) is 27.4. The quantitative estimate of drug-likeness (QED) is 0.245. The van der Waals surface area contributed by atoms with Gasteiger partial charge in [-0.3, -0.25) is 9.59 Å². The Kier molecular flexibility index (Phi) is 7.37. The fourth-order valence-electron chi connectivity index (χ4n) is 10.3. The third-order valence-corrected chi connectivity index (χ3v) is 12.0. The van der Waals surface area contributed by atoms with Gasteiger partial charge in [0.15, 0.2) is 6.19 Å². The van der Waals surface area contributed by atoms with Crippen LogP contribution in [-0.2, 0) is 19.1 Å². The van der Waals surface area contributed by atoms with Crippen LogP contribution in [0.1, 0.15) is 99.3 Å². The van der Waals surface area contributed by atoms with E-state index in [4.69, 9.17) is 9.47 Å². The van der Waals surface area contributed by atoms with E-state index >= 15 is 0 Å². The van der Waals surface area contributed by atoms with Crippen LogP contribution < -0.4 is 0 Å². The molecule has 1 aliphatic heterocycles. The lowest BCUT2D eigenvalue weighted by Crippen LogP contribution is -2.53. The van der Waals surface area contributed by atoms with E-state index in [2.05, 4.69) is 40.0 Å². The number of esters is 2. The average Bonchev–Trinajstić information content (AvgIpc) is 3.14. The van der Waals surface area contributed by atoms with E-state index in [1.165, 1.54) is 18.9 Å². The first-order valence-corrected chi connectivity index (χ1v) is 15.2. The second-order valence-corrected chi connectivity index (χ2v) is 14.0. The van der Waals surface area contributed by atoms with Crippen molar-refractivity contribution in [3.05, 3.63) is 11.6 Å². The van der Waals surface area contributed by atoms with Gasteiger partial charge in [0, 0.05) is 38.8 Å². The van der Waals surface area contributed by atoms with Crippen LogP contribution in [0.5, 0.6) is 0 Å². The van der Waals surface area contributed by atoms with E-state index in [-0.39, 0.29) is 46.9 Å². The van der Waals surface area contributed by atoms with Crippen molar-refractivity contribution in [3.8, 4) is 6.19 Å². The van der Waals surface area contributed by atoms with Gasteiger partial charge in [-0.1, -0.05) is 39.3 Å². The van der Waals surface area contributed by atoms with E-state index in [9.17, 15) is 14.9 Å². The second-order valence-electron chi connectivity index (χ2n) is 14.0. The summed E-state index contributed by atoms with van der Waals surface area (Å²) >= 11 is 0. The molecule has 0 aromatic carbocycles. The predicted molar refractivity (Wildman–Crippen MR) is 145 cm³/mol. The number of likely N-dealkylation sites (tertiary alicyclic amines) is 1.